The molecule has 2 aromatic rings. The van der Waals surface area contributed by atoms with Gasteiger partial charge in [0.2, 0.25) is 5.95 Å². The second-order valence-corrected chi connectivity index (χ2v) is 5.99. The van der Waals surface area contributed by atoms with E-state index in [0.717, 1.165) is 35.6 Å². The lowest BCUT2D eigenvalue weighted by Crippen LogP contribution is -2.27. The third-order valence-electron chi connectivity index (χ3n) is 3.48. The van der Waals surface area contributed by atoms with Crippen molar-refractivity contribution in [2.24, 2.45) is 5.10 Å². The van der Waals surface area contributed by atoms with Crippen molar-refractivity contribution >= 4 is 41.1 Å². The van der Waals surface area contributed by atoms with Crippen LogP contribution < -0.4 is 10.6 Å². The van der Waals surface area contributed by atoms with Gasteiger partial charge in [-0.15, -0.1) is 23.2 Å². The first-order chi connectivity index (χ1) is 11.0. The van der Waals surface area contributed by atoms with Crippen LogP contribution in [0.5, 0.6) is 0 Å². The lowest BCUT2D eigenvalue weighted by Gasteiger charge is -2.23. The molecule has 5 nitrogen and oxygen atoms in total. The van der Waals surface area contributed by atoms with Crippen LogP contribution in [0.3, 0.4) is 0 Å². The first kappa shape index (κ1) is 17.6. The molecule has 124 valence electrons. The van der Waals surface area contributed by atoms with E-state index in [-0.39, 0.29) is 0 Å². The zero-order chi connectivity index (χ0) is 16.8. The standard InChI is InChI=1S/C16H21Cl2N5/c1-12-9-15(22(7-5-17)8-6-18)4-3-14(12)10-20-23-11-13(2)21-16(23)19/h3-4,9-11H,5-8H2,1-2H3,(H2,19,21). The Labute approximate surface area is 146 Å². The van der Waals surface area contributed by atoms with Crippen LogP contribution in [0, 0.1) is 13.8 Å². The van der Waals surface area contributed by atoms with Crippen LogP contribution in [-0.4, -0.2) is 40.7 Å². The molecule has 1 aromatic heterocycles. The number of benzene rings is 1. The second-order valence-electron chi connectivity index (χ2n) is 5.24. The van der Waals surface area contributed by atoms with Crippen molar-refractivity contribution in [2.45, 2.75) is 13.8 Å². The molecule has 0 aliphatic rings. The van der Waals surface area contributed by atoms with E-state index in [0.29, 0.717) is 17.7 Å². The van der Waals surface area contributed by atoms with E-state index in [1.165, 1.54) is 0 Å². The van der Waals surface area contributed by atoms with Gasteiger partial charge in [-0.3, -0.25) is 0 Å². The van der Waals surface area contributed by atoms with Crippen LogP contribution in [0.15, 0.2) is 29.5 Å². The third kappa shape index (κ3) is 4.62. The normalized spacial score (nSPS) is 11.3. The SMILES string of the molecule is Cc1cn(N=Cc2ccc(N(CCCl)CCCl)cc2C)c(N)n1. The summed E-state index contributed by atoms with van der Waals surface area (Å²) in [5.74, 6) is 1.51. The van der Waals surface area contributed by atoms with E-state index in [9.17, 15) is 0 Å². The van der Waals surface area contributed by atoms with Gasteiger partial charge in [-0.2, -0.15) is 5.10 Å². The van der Waals surface area contributed by atoms with Gasteiger partial charge in [0.05, 0.1) is 18.1 Å². The summed E-state index contributed by atoms with van der Waals surface area (Å²) in [6.45, 7) is 5.47. The van der Waals surface area contributed by atoms with Crippen LogP contribution in [0.4, 0.5) is 11.6 Å². The molecule has 7 heteroatoms. The Morgan fingerprint density at radius 1 is 1.26 bits per heavy atom. The van der Waals surface area contributed by atoms with Crippen LogP contribution in [0.1, 0.15) is 16.8 Å². The highest BCUT2D eigenvalue weighted by Crippen LogP contribution is 2.19. The van der Waals surface area contributed by atoms with Crippen molar-refractivity contribution in [3.05, 3.63) is 41.2 Å². The molecule has 1 heterocycles. The topological polar surface area (TPSA) is 59.4 Å². The molecule has 0 spiro atoms. The summed E-state index contributed by atoms with van der Waals surface area (Å²) in [5.41, 5.74) is 9.87. The molecule has 0 atom stereocenters. The van der Waals surface area contributed by atoms with Gasteiger partial charge in [-0.25, -0.2) is 9.66 Å². The predicted octanol–water partition coefficient (Wildman–Crippen LogP) is 3.25. The van der Waals surface area contributed by atoms with E-state index in [1.54, 1.807) is 17.1 Å². The molecule has 0 aliphatic carbocycles. The van der Waals surface area contributed by atoms with Gasteiger partial charge in [0.15, 0.2) is 0 Å². The summed E-state index contributed by atoms with van der Waals surface area (Å²) in [6, 6.07) is 6.20. The number of halogens is 2. The number of alkyl halides is 2. The van der Waals surface area contributed by atoms with E-state index in [4.69, 9.17) is 28.9 Å². The van der Waals surface area contributed by atoms with Gasteiger partial charge in [-0.05, 0) is 37.1 Å². The average molecular weight is 354 g/mol. The molecule has 0 radical (unpaired) electrons. The minimum absolute atomic E-state index is 0.378. The Morgan fingerprint density at radius 3 is 2.48 bits per heavy atom. The van der Waals surface area contributed by atoms with E-state index < -0.39 is 0 Å². The fourth-order valence-corrected chi connectivity index (χ4v) is 2.70. The highest BCUT2D eigenvalue weighted by molar-refractivity contribution is 6.18. The molecule has 1 aromatic carbocycles. The molecular formula is C16H21Cl2N5. The first-order valence-corrected chi connectivity index (χ1v) is 8.45. The quantitative estimate of drug-likeness (QED) is 0.613. The number of nitrogens with two attached hydrogens (primary N) is 1. The summed E-state index contributed by atoms with van der Waals surface area (Å²) in [5, 5.41) is 4.35. The lowest BCUT2D eigenvalue weighted by molar-refractivity contribution is 0.873. The van der Waals surface area contributed by atoms with Crippen molar-refractivity contribution in [3.8, 4) is 0 Å². The molecule has 0 saturated heterocycles. The highest BCUT2D eigenvalue weighted by Gasteiger charge is 2.07. The molecule has 23 heavy (non-hydrogen) atoms. The molecule has 0 unspecified atom stereocenters. The molecule has 0 saturated carbocycles. The zero-order valence-electron chi connectivity index (χ0n) is 13.3. The van der Waals surface area contributed by atoms with Crippen molar-refractivity contribution in [3.63, 3.8) is 0 Å². The number of nitrogens with zero attached hydrogens (tertiary/aromatic N) is 4. The van der Waals surface area contributed by atoms with Crippen LogP contribution in [0.2, 0.25) is 0 Å². The van der Waals surface area contributed by atoms with Gasteiger partial charge in [0, 0.05) is 30.5 Å². The third-order valence-corrected chi connectivity index (χ3v) is 3.82. The molecule has 0 fully saturated rings. The van der Waals surface area contributed by atoms with Gasteiger partial charge >= 0.3 is 0 Å². The number of imidazole rings is 1. The molecule has 2 rings (SSSR count). The minimum atomic E-state index is 0.378. The number of hydrogen-bond acceptors (Lipinski definition) is 4. The zero-order valence-corrected chi connectivity index (χ0v) is 14.8. The Hall–Kier alpha value is -1.72. The monoisotopic (exact) mass is 353 g/mol. The number of nitrogen functional groups attached to an aromatic ring is 1. The summed E-state index contributed by atoms with van der Waals surface area (Å²) >= 11 is 11.7. The molecular weight excluding hydrogens is 333 g/mol. The van der Waals surface area contributed by atoms with Gasteiger partial charge in [-0.1, -0.05) is 6.07 Å². The van der Waals surface area contributed by atoms with Gasteiger partial charge in [0.1, 0.15) is 0 Å². The average Bonchev–Trinajstić information content (AvgIpc) is 2.83. The molecule has 2 N–H and O–H groups in total. The van der Waals surface area contributed by atoms with E-state index >= 15 is 0 Å². The fraction of sp³-hybridized carbons (Fsp3) is 0.375. The molecule has 0 amide bonds. The summed E-state index contributed by atoms with van der Waals surface area (Å²) in [4.78, 5) is 6.29. The van der Waals surface area contributed by atoms with Crippen LogP contribution >= 0.6 is 23.2 Å². The summed E-state index contributed by atoms with van der Waals surface area (Å²) in [7, 11) is 0. The highest BCUT2D eigenvalue weighted by atomic mass is 35.5. The van der Waals surface area contributed by atoms with Crippen LogP contribution in [-0.2, 0) is 0 Å². The molecule has 0 bridgehead atoms. The number of aromatic nitrogens is 2. The van der Waals surface area contributed by atoms with Crippen molar-refractivity contribution in [1.82, 2.24) is 9.66 Å². The number of rotatable bonds is 7. The Kier molecular flexibility index (Phi) is 6.30. The number of hydrogen-bond donors (Lipinski definition) is 1. The second kappa shape index (κ2) is 8.22. The van der Waals surface area contributed by atoms with Crippen molar-refractivity contribution in [2.75, 3.05) is 35.5 Å². The largest absolute Gasteiger partial charge is 0.369 e. The first-order valence-electron chi connectivity index (χ1n) is 7.38. The Morgan fingerprint density at radius 2 is 1.96 bits per heavy atom. The number of anilines is 2. The minimum Gasteiger partial charge on any atom is -0.369 e. The van der Waals surface area contributed by atoms with Crippen molar-refractivity contribution < 1.29 is 0 Å². The Balaban J connectivity index is 2.20. The lowest BCUT2D eigenvalue weighted by atomic mass is 10.1. The van der Waals surface area contributed by atoms with Crippen molar-refractivity contribution in [1.29, 1.82) is 0 Å². The predicted molar refractivity (Wildman–Crippen MR) is 99.2 cm³/mol. The smallest absolute Gasteiger partial charge is 0.221 e. The number of aryl methyl sites for hydroxylation is 2. The Bertz CT molecular complexity index is 675. The maximum absolute atomic E-state index is 5.86. The fourth-order valence-electron chi connectivity index (χ4n) is 2.30. The maximum Gasteiger partial charge on any atom is 0.221 e. The summed E-state index contributed by atoms with van der Waals surface area (Å²) in [6.07, 6.45) is 3.57. The maximum atomic E-state index is 5.86. The van der Waals surface area contributed by atoms with Gasteiger partial charge in [0.25, 0.3) is 0 Å². The molecule has 0 aliphatic heterocycles. The van der Waals surface area contributed by atoms with E-state index in [2.05, 4.69) is 27.1 Å². The summed E-state index contributed by atoms with van der Waals surface area (Å²) < 4.78 is 1.57. The van der Waals surface area contributed by atoms with Crippen LogP contribution in [0.25, 0.3) is 0 Å². The van der Waals surface area contributed by atoms with Gasteiger partial charge < -0.3 is 10.6 Å². The van der Waals surface area contributed by atoms with E-state index in [1.807, 2.05) is 19.9 Å².